The molecule has 1 aliphatic rings. The number of benzene rings is 1. The Bertz CT molecular complexity index is 455. The Morgan fingerprint density at radius 2 is 1.88 bits per heavy atom. The number of sulfonamides is 1. The van der Waals surface area contributed by atoms with E-state index in [1.165, 1.54) is 16.4 Å². The average Bonchev–Trinajstić information content (AvgIpc) is 2.24. The summed E-state index contributed by atoms with van der Waals surface area (Å²) in [6.07, 6.45) is 1.64. The van der Waals surface area contributed by atoms with Crippen molar-refractivity contribution in [2.45, 2.75) is 19.4 Å². The molecule has 0 saturated carbocycles. The van der Waals surface area contributed by atoms with E-state index in [0.29, 0.717) is 13.1 Å². The third-order valence-corrected chi connectivity index (χ3v) is 4.63. The van der Waals surface area contributed by atoms with Crippen LogP contribution in [-0.4, -0.2) is 25.0 Å². The first-order chi connectivity index (χ1) is 7.58. The number of hydrogen-bond donors (Lipinski definition) is 0. The first kappa shape index (κ1) is 11.5. The van der Waals surface area contributed by atoms with Gasteiger partial charge in [-0.2, -0.15) is 4.31 Å². The van der Waals surface area contributed by atoms with Gasteiger partial charge >= 0.3 is 0 Å². The van der Waals surface area contributed by atoms with E-state index in [2.05, 4.69) is 0 Å². The van der Waals surface area contributed by atoms with Crippen LogP contribution in [0.25, 0.3) is 0 Å². The molecule has 0 unspecified atom stereocenters. The minimum Gasteiger partial charge on any atom is -0.212 e. The number of nitrogens with zero attached hydrogens (tertiary/aromatic N) is 1. The molecule has 1 aliphatic heterocycles. The van der Waals surface area contributed by atoms with Crippen molar-refractivity contribution >= 4 is 10.0 Å². The van der Waals surface area contributed by atoms with Crippen molar-refractivity contribution in [1.82, 2.24) is 4.31 Å². The molecule has 0 N–H and O–H groups in total. The zero-order valence-corrected chi connectivity index (χ0v) is 9.71. The first-order valence-electron chi connectivity index (χ1n) is 5.30. The Labute approximate surface area is 94.9 Å². The third-order valence-electron chi connectivity index (χ3n) is 2.73. The van der Waals surface area contributed by atoms with Crippen LogP contribution >= 0.6 is 0 Å². The Balaban J connectivity index is 2.11. The van der Waals surface area contributed by atoms with E-state index in [1.54, 1.807) is 12.1 Å². The van der Waals surface area contributed by atoms with Crippen molar-refractivity contribution in [3.8, 4) is 0 Å². The number of halogens is 1. The average molecular weight is 243 g/mol. The quantitative estimate of drug-likeness (QED) is 0.793. The van der Waals surface area contributed by atoms with Gasteiger partial charge < -0.3 is 0 Å². The molecule has 0 aromatic heterocycles. The van der Waals surface area contributed by atoms with Gasteiger partial charge in [-0.25, -0.2) is 12.8 Å². The SMILES string of the molecule is O=S1(=O)CCCCN1Cc1ccc(F)cc1. The predicted octanol–water partition coefficient (Wildman–Crippen LogP) is 1.75. The molecular weight excluding hydrogens is 229 g/mol. The van der Waals surface area contributed by atoms with Crippen LogP contribution in [0.3, 0.4) is 0 Å². The molecule has 0 atom stereocenters. The molecule has 1 aromatic rings. The van der Waals surface area contributed by atoms with Crippen LogP contribution in [0.5, 0.6) is 0 Å². The van der Waals surface area contributed by atoms with Crippen LogP contribution in [-0.2, 0) is 16.6 Å². The highest BCUT2D eigenvalue weighted by Crippen LogP contribution is 2.17. The summed E-state index contributed by atoms with van der Waals surface area (Å²) < 4.78 is 37.6. The first-order valence-corrected chi connectivity index (χ1v) is 6.91. The Morgan fingerprint density at radius 3 is 2.50 bits per heavy atom. The van der Waals surface area contributed by atoms with Crippen LogP contribution in [0.2, 0.25) is 0 Å². The van der Waals surface area contributed by atoms with E-state index in [9.17, 15) is 12.8 Å². The highest BCUT2D eigenvalue weighted by Gasteiger charge is 2.25. The lowest BCUT2D eigenvalue weighted by atomic mass is 10.2. The van der Waals surface area contributed by atoms with Crippen molar-refractivity contribution < 1.29 is 12.8 Å². The van der Waals surface area contributed by atoms with E-state index in [-0.39, 0.29) is 11.6 Å². The summed E-state index contributed by atoms with van der Waals surface area (Å²) in [5.41, 5.74) is 0.826. The van der Waals surface area contributed by atoms with E-state index < -0.39 is 10.0 Å². The van der Waals surface area contributed by atoms with Crippen LogP contribution in [0.4, 0.5) is 4.39 Å². The smallest absolute Gasteiger partial charge is 0.212 e. The van der Waals surface area contributed by atoms with Gasteiger partial charge in [-0.15, -0.1) is 0 Å². The van der Waals surface area contributed by atoms with Gasteiger partial charge in [-0.05, 0) is 30.5 Å². The van der Waals surface area contributed by atoms with Gasteiger partial charge in [0.2, 0.25) is 10.0 Å². The van der Waals surface area contributed by atoms with Crippen molar-refractivity contribution in [3.63, 3.8) is 0 Å². The second-order valence-electron chi connectivity index (χ2n) is 3.98. The maximum atomic E-state index is 12.7. The van der Waals surface area contributed by atoms with Crippen molar-refractivity contribution in [3.05, 3.63) is 35.6 Å². The molecule has 1 saturated heterocycles. The number of hydrogen-bond acceptors (Lipinski definition) is 2. The molecule has 5 heteroatoms. The predicted molar refractivity (Wildman–Crippen MR) is 59.8 cm³/mol. The molecular formula is C11H14FNO2S. The molecule has 0 spiro atoms. The standard InChI is InChI=1S/C11H14FNO2S/c12-11-5-3-10(4-6-11)9-13-7-1-2-8-16(13,14)15/h3-6H,1-2,7-9H2. The van der Waals surface area contributed by atoms with Gasteiger partial charge in [-0.3, -0.25) is 0 Å². The summed E-state index contributed by atoms with van der Waals surface area (Å²) in [5, 5.41) is 0. The number of rotatable bonds is 2. The minimum absolute atomic E-state index is 0.230. The Kier molecular flexibility index (Phi) is 3.25. The summed E-state index contributed by atoms with van der Waals surface area (Å²) in [7, 11) is -3.09. The fourth-order valence-electron chi connectivity index (χ4n) is 1.81. The fraction of sp³-hybridized carbons (Fsp3) is 0.455. The maximum Gasteiger partial charge on any atom is 0.214 e. The van der Waals surface area contributed by atoms with E-state index >= 15 is 0 Å². The van der Waals surface area contributed by atoms with Gasteiger partial charge in [-0.1, -0.05) is 12.1 Å². The molecule has 1 aromatic carbocycles. The normalized spacial score (nSPS) is 20.8. The maximum absolute atomic E-state index is 12.7. The van der Waals surface area contributed by atoms with Crippen LogP contribution < -0.4 is 0 Å². The van der Waals surface area contributed by atoms with Crippen molar-refractivity contribution in [2.24, 2.45) is 0 Å². The van der Waals surface area contributed by atoms with Crippen LogP contribution in [0.1, 0.15) is 18.4 Å². The molecule has 0 bridgehead atoms. The molecule has 1 fully saturated rings. The molecule has 2 rings (SSSR count). The van der Waals surface area contributed by atoms with E-state index in [1.807, 2.05) is 0 Å². The molecule has 88 valence electrons. The summed E-state index contributed by atoms with van der Waals surface area (Å²) >= 11 is 0. The third kappa shape index (κ3) is 2.59. The van der Waals surface area contributed by atoms with E-state index in [0.717, 1.165) is 18.4 Å². The van der Waals surface area contributed by atoms with Crippen molar-refractivity contribution in [1.29, 1.82) is 0 Å². The molecule has 1 heterocycles. The van der Waals surface area contributed by atoms with Crippen LogP contribution in [0, 0.1) is 5.82 Å². The summed E-state index contributed by atoms with van der Waals surface area (Å²) in [6, 6.07) is 5.96. The highest BCUT2D eigenvalue weighted by molar-refractivity contribution is 7.89. The summed E-state index contributed by atoms with van der Waals surface area (Å²) in [6.45, 7) is 0.919. The molecule has 3 nitrogen and oxygen atoms in total. The van der Waals surface area contributed by atoms with Crippen LogP contribution in [0.15, 0.2) is 24.3 Å². The molecule has 0 amide bonds. The second-order valence-corrected chi connectivity index (χ2v) is 6.07. The topological polar surface area (TPSA) is 37.4 Å². The zero-order valence-electron chi connectivity index (χ0n) is 8.89. The molecule has 16 heavy (non-hydrogen) atoms. The van der Waals surface area contributed by atoms with Gasteiger partial charge in [0.1, 0.15) is 5.82 Å². The lowest BCUT2D eigenvalue weighted by molar-refractivity contribution is 0.378. The minimum atomic E-state index is -3.09. The lowest BCUT2D eigenvalue weighted by Crippen LogP contribution is -2.37. The Morgan fingerprint density at radius 1 is 1.19 bits per heavy atom. The van der Waals surface area contributed by atoms with E-state index in [4.69, 9.17) is 0 Å². The fourth-order valence-corrected chi connectivity index (χ4v) is 3.39. The summed E-state index contributed by atoms with van der Waals surface area (Å²) in [5.74, 6) is -0.0703. The highest BCUT2D eigenvalue weighted by atomic mass is 32.2. The van der Waals surface area contributed by atoms with Crippen molar-refractivity contribution in [2.75, 3.05) is 12.3 Å². The Hall–Kier alpha value is -0.940. The zero-order chi connectivity index (χ0) is 11.6. The summed E-state index contributed by atoms with van der Waals surface area (Å²) in [4.78, 5) is 0. The van der Waals surface area contributed by atoms with Gasteiger partial charge in [0.05, 0.1) is 5.75 Å². The monoisotopic (exact) mass is 243 g/mol. The molecule has 0 radical (unpaired) electrons. The second kappa shape index (κ2) is 4.51. The van der Waals surface area contributed by atoms with Gasteiger partial charge in [0, 0.05) is 13.1 Å². The lowest BCUT2D eigenvalue weighted by Gasteiger charge is -2.26. The van der Waals surface area contributed by atoms with Gasteiger partial charge in [0.15, 0.2) is 0 Å². The molecule has 0 aliphatic carbocycles. The van der Waals surface area contributed by atoms with Gasteiger partial charge in [0.25, 0.3) is 0 Å². The largest absolute Gasteiger partial charge is 0.214 e.